The summed E-state index contributed by atoms with van der Waals surface area (Å²) in [5, 5.41) is 10.1. The van der Waals surface area contributed by atoms with Gasteiger partial charge < -0.3 is 9.67 Å². The zero-order chi connectivity index (χ0) is 13.6. The third-order valence-electron chi connectivity index (χ3n) is 4.15. The fourth-order valence-electron chi connectivity index (χ4n) is 3.43. The molecule has 0 saturated heterocycles. The number of benzene rings is 1. The average molecular weight is 255 g/mol. The highest BCUT2D eigenvalue weighted by Gasteiger charge is 2.22. The Bertz CT molecular complexity index is 601. The van der Waals surface area contributed by atoms with Crippen molar-refractivity contribution in [2.75, 3.05) is 0 Å². The summed E-state index contributed by atoms with van der Waals surface area (Å²) in [7, 11) is 0. The summed E-state index contributed by atoms with van der Waals surface area (Å²) in [6.07, 6.45) is 4.86. The van der Waals surface area contributed by atoms with Crippen LogP contribution < -0.4 is 0 Å². The molecule has 1 aliphatic rings. The molecular formula is C17H21NO. The highest BCUT2D eigenvalue weighted by atomic mass is 16.3. The second-order valence-corrected chi connectivity index (χ2v) is 5.74. The van der Waals surface area contributed by atoms with Gasteiger partial charge >= 0.3 is 0 Å². The fraction of sp³-hybridized carbons (Fsp3) is 0.412. The molecule has 2 aromatic rings. The maximum atomic E-state index is 10.1. The molecule has 1 aliphatic carbocycles. The molecule has 19 heavy (non-hydrogen) atoms. The number of hydrogen-bond acceptors (Lipinski definition) is 1. The zero-order valence-electron chi connectivity index (χ0n) is 11.9. The first-order chi connectivity index (χ1) is 9.08. The van der Waals surface area contributed by atoms with Gasteiger partial charge in [0.2, 0.25) is 0 Å². The first-order valence-electron chi connectivity index (χ1n) is 7.04. The Hall–Kier alpha value is -1.54. The number of aliphatic hydroxyl groups is 1. The molecule has 1 aromatic heterocycles. The third-order valence-corrected chi connectivity index (χ3v) is 4.15. The summed E-state index contributed by atoms with van der Waals surface area (Å²) in [5.74, 6) is 0. The molecule has 1 heterocycles. The molecule has 0 amide bonds. The summed E-state index contributed by atoms with van der Waals surface area (Å²) >= 11 is 0. The van der Waals surface area contributed by atoms with Crippen LogP contribution in [0.15, 0.2) is 24.4 Å². The van der Waals surface area contributed by atoms with Crippen molar-refractivity contribution in [1.29, 1.82) is 0 Å². The Balaban J connectivity index is 2.19. The number of fused-ring (bicyclic) bond motifs is 1. The standard InChI is InChI=1S/C17H21NO/c1-11-9-12(2)17(13(3)10-11)18-8-7-14-15(18)5-4-6-16(14)19/h7-10,16,19H,4-6H2,1-3H3. The molecule has 1 atom stereocenters. The Labute approximate surface area is 114 Å². The lowest BCUT2D eigenvalue weighted by Gasteiger charge is -2.22. The van der Waals surface area contributed by atoms with Crippen molar-refractivity contribution in [1.82, 2.24) is 4.57 Å². The first kappa shape index (κ1) is 12.5. The lowest BCUT2D eigenvalue weighted by Crippen LogP contribution is -2.12. The predicted molar refractivity (Wildman–Crippen MR) is 77.9 cm³/mol. The molecule has 100 valence electrons. The van der Waals surface area contributed by atoms with Gasteiger partial charge in [-0.3, -0.25) is 0 Å². The van der Waals surface area contributed by atoms with E-state index in [1.165, 1.54) is 28.1 Å². The minimum Gasteiger partial charge on any atom is -0.388 e. The molecule has 0 spiro atoms. The maximum absolute atomic E-state index is 10.1. The summed E-state index contributed by atoms with van der Waals surface area (Å²) in [4.78, 5) is 0. The van der Waals surface area contributed by atoms with E-state index < -0.39 is 0 Å². The lowest BCUT2D eigenvalue weighted by atomic mass is 9.95. The molecule has 3 rings (SSSR count). The van der Waals surface area contributed by atoms with E-state index >= 15 is 0 Å². The van der Waals surface area contributed by atoms with Crippen LogP contribution in [0.4, 0.5) is 0 Å². The van der Waals surface area contributed by atoms with Gasteiger partial charge in [0.1, 0.15) is 0 Å². The minimum absolute atomic E-state index is 0.281. The summed E-state index contributed by atoms with van der Waals surface area (Å²) in [5.41, 5.74) is 7.59. The van der Waals surface area contributed by atoms with E-state index in [9.17, 15) is 5.11 Å². The van der Waals surface area contributed by atoms with E-state index in [1.54, 1.807) is 0 Å². The Morgan fingerprint density at radius 2 is 1.84 bits per heavy atom. The highest BCUT2D eigenvalue weighted by molar-refractivity contribution is 5.52. The molecular weight excluding hydrogens is 234 g/mol. The van der Waals surface area contributed by atoms with Crippen LogP contribution in [0.1, 0.15) is 46.9 Å². The van der Waals surface area contributed by atoms with Crippen LogP contribution in [-0.2, 0) is 6.42 Å². The molecule has 0 radical (unpaired) electrons. The molecule has 1 unspecified atom stereocenters. The van der Waals surface area contributed by atoms with E-state index in [-0.39, 0.29) is 6.10 Å². The van der Waals surface area contributed by atoms with E-state index in [0.29, 0.717) is 0 Å². The second-order valence-electron chi connectivity index (χ2n) is 5.74. The number of aliphatic hydroxyl groups excluding tert-OH is 1. The normalized spacial score (nSPS) is 18.4. The monoisotopic (exact) mass is 255 g/mol. The van der Waals surface area contributed by atoms with E-state index in [1.807, 2.05) is 0 Å². The SMILES string of the molecule is Cc1cc(C)c(-n2ccc3c2CCCC3O)c(C)c1. The van der Waals surface area contributed by atoms with E-state index in [0.717, 1.165) is 24.8 Å². The topological polar surface area (TPSA) is 25.2 Å². The van der Waals surface area contributed by atoms with Crippen LogP contribution in [0.2, 0.25) is 0 Å². The quantitative estimate of drug-likeness (QED) is 0.824. The van der Waals surface area contributed by atoms with Crippen molar-refractivity contribution >= 4 is 0 Å². The van der Waals surface area contributed by atoms with Crippen molar-refractivity contribution < 1.29 is 5.11 Å². The fourth-order valence-corrected chi connectivity index (χ4v) is 3.43. The van der Waals surface area contributed by atoms with Gasteiger partial charge in [-0.15, -0.1) is 0 Å². The first-order valence-corrected chi connectivity index (χ1v) is 7.04. The Morgan fingerprint density at radius 1 is 1.16 bits per heavy atom. The second kappa shape index (κ2) is 4.53. The smallest absolute Gasteiger partial charge is 0.0807 e. The highest BCUT2D eigenvalue weighted by Crippen LogP contribution is 2.33. The van der Waals surface area contributed by atoms with Crippen molar-refractivity contribution in [2.24, 2.45) is 0 Å². The maximum Gasteiger partial charge on any atom is 0.0807 e. The number of nitrogens with zero attached hydrogens (tertiary/aromatic N) is 1. The van der Waals surface area contributed by atoms with E-state index in [2.05, 4.69) is 49.7 Å². The van der Waals surface area contributed by atoms with Gasteiger partial charge in [0.15, 0.2) is 0 Å². The average Bonchev–Trinajstić information content (AvgIpc) is 2.73. The molecule has 0 fully saturated rings. The third kappa shape index (κ3) is 2.00. The van der Waals surface area contributed by atoms with Crippen LogP contribution in [0.3, 0.4) is 0 Å². The van der Waals surface area contributed by atoms with Crippen LogP contribution in [0, 0.1) is 20.8 Å². The van der Waals surface area contributed by atoms with Gasteiger partial charge in [-0.1, -0.05) is 17.7 Å². The lowest BCUT2D eigenvalue weighted by molar-refractivity contribution is 0.156. The van der Waals surface area contributed by atoms with Crippen molar-refractivity contribution in [3.05, 3.63) is 52.3 Å². The molecule has 1 aromatic carbocycles. The number of aromatic nitrogens is 1. The Kier molecular flexibility index (Phi) is 2.98. The zero-order valence-corrected chi connectivity index (χ0v) is 11.9. The van der Waals surface area contributed by atoms with Gasteiger partial charge in [-0.25, -0.2) is 0 Å². The van der Waals surface area contributed by atoms with Gasteiger partial charge in [0, 0.05) is 17.5 Å². The Morgan fingerprint density at radius 3 is 2.53 bits per heavy atom. The van der Waals surface area contributed by atoms with E-state index in [4.69, 9.17) is 0 Å². The molecule has 0 bridgehead atoms. The number of rotatable bonds is 1. The van der Waals surface area contributed by atoms with Crippen LogP contribution in [0.5, 0.6) is 0 Å². The van der Waals surface area contributed by atoms with Gasteiger partial charge in [-0.05, 0) is 57.2 Å². The minimum atomic E-state index is -0.281. The van der Waals surface area contributed by atoms with Crippen LogP contribution >= 0.6 is 0 Å². The summed E-state index contributed by atoms with van der Waals surface area (Å²) < 4.78 is 2.28. The number of hydrogen-bond donors (Lipinski definition) is 1. The summed E-state index contributed by atoms with van der Waals surface area (Å²) in [6, 6.07) is 6.54. The molecule has 0 saturated carbocycles. The van der Waals surface area contributed by atoms with Crippen molar-refractivity contribution in [3.63, 3.8) is 0 Å². The van der Waals surface area contributed by atoms with Gasteiger partial charge in [-0.2, -0.15) is 0 Å². The van der Waals surface area contributed by atoms with Gasteiger partial charge in [0.05, 0.1) is 11.8 Å². The molecule has 1 N–H and O–H groups in total. The van der Waals surface area contributed by atoms with Crippen molar-refractivity contribution in [3.8, 4) is 5.69 Å². The van der Waals surface area contributed by atoms with Gasteiger partial charge in [0.25, 0.3) is 0 Å². The van der Waals surface area contributed by atoms with Crippen molar-refractivity contribution in [2.45, 2.75) is 46.1 Å². The molecule has 0 aliphatic heterocycles. The largest absolute Gasteiger partial charge is 0.388 e. The van der Waals surface area contributed by atoms with Crippen LogP contribution in [-0.4, -0.2) is 9.67 Å². The van der Waals surface area contributed by atoms with Crippen LogP contribution in [0.25, 0.3) is 5.69 Å². The molecule has 2 heteroatoms. The number of aryl methyl sites for hydroxylation is 3. The predicted octanol–water partition coefficient (Wildman–Crippen LogP) is 3.77. The molecule has 2 nitrogen and oxygen atoms in total. The summed E-state index contributed by atoms with van der Waals surface area (Å²) in [6.45, 7) is 6.47.